The number of hydrogen-bond donors (Lipinski definition) is 1. The molecule has 6 heteroatoms. The summed E-state index contributed by atoms with van der Waals surface area (Å²) >= 11 is 0. The number of rotatable bonds is 4. The minimum absolute atomic E-state index is 0.0347. The highest BCUT2D eigenvalue weighted by Crippen LogP contribution is 2.49. The second kappa shape index (κ2) is 7.79. The summed E-state index contributed by atoms with van der Waals surface area (Å²) < 4.78 is 1.41. The number of pyridine rings is 1. The van der Waals surface area contributed by atoms with Gasteiger partial charge in [-0.05, 0) is 42.5 Å². The molecule has 3 aromatic rings. The molecule has 32 heavy (non-hydrogen) atoms. The van der Waals surface area contributed by atoms with Crippen LogP contribution < -0.4 is 10.9 Å². The van der Waals surface area contributed by atoms with Gasteiger partial charge in [-0.3, -0.25) is 14.4 Å². The summed E-state index contributed by atoms with van der Waals surface area (Å²) in [6.07, 6.45) is 3.59. The molecular formula is C26H25N3O3. The molecule has 162 valence electrons. The third kappa shape index (κ3) is 3.14. The zero-order chi connectivity index (χ0) is 22.3. The highest BCUT2D eigenvalue weighted by Gasteiger charge is 2.58. The Balaban J connectivity index is 1.55. The van der Waals surface area contributed by atoms with E-state index in [9.17, 15) is 14.4 Å². The van der Waals surface area contributed by atoms with Gasteiger partial charge >= 0.3 is 0 Å². The molecule has 1 spiro atoms. The first-order valence-electron chi connectivity index (χ1n) is 10.9. The molecule has 1 fully saturated rings. The number of hydrogen-bond acceptors (Lipinski definition) is 3. The van der Waals surface area contributed by atoms with Crippen molar-refractivity contribution in [2.24, 2.45) is 7.05 Å². The third-order valence-corrected chi connectivity index (χ3v) is 6.90. The minimum Gasteiger partial charge on any atom is -0.334 e. The van der Waals surface area contributed by atoms with Crippen LogP contribution >= 0.6 is 0 Å². The maximum absolute atomic E-state index is 13.6. The molecule has 0 unspecified atom stereocenters. The number of aromatic nitrogens is 1. The number of carbonyl (C=O) groups is 2. The van der Waals surface area contributed by atoms with Gasteiger partial charge in [0.1, 0.15) is 0 Å². The summed E-state index contributed by atoms with van der Waals surface area (Å²) in [6.45, 7) is 0.489. The molecular weight excluding hydrogens is 402 g/mol. The zero-order valence-corrected chi connectivity index (χ0v) is 18.0. The van der Waals surface area contributed by atoms with Crippen molar-refractivity contribution in [1.82, 2.24) is 9.47 Å². The van der Waals surface area contributed by atoms with E-state index in [0.717, 1.165) is 17.7 Å². The van der Waals surface area contributed by atoms with E-state index in [0.29, 0.717) is 24.9 Å². The molecule has 1 N–H and O–H groups in total. The fraction of sp³-hybridized carbons (Fsp3) is 0.269. The number of nitrogens with one attached hydrogen (secondary N) is 1. The fourth-order valence-corrected chi connectivity index (χ4v) is 5.28. The maximum atomic E-state index is 13.6. The van der Waals surface area contributed by atoms with E-state index in [2.05, 4.69) is 17.4 Å². The second-order valence-corrected chi connectivity index (χ2v) is 8.63. The van der Waals surface area contributed by atoms with Crippen molar-refractivity contribution in [3.63, 3.8) is 0 Å². The molecule has 6 nitrogen and oxygen atoms in total. The highest BCUT2D eigenvalue weighted by molar-refractivity contribution is 6.08. The number of benzene rings is 2. The van der Waals surface area contributed by atoms with Crippen LogP contribution in [0.25, 0.3) is 0 Å². The van der Waals surface area contributed by atoms with Gasteiger partial charge in [-0.2, -0.15) is 0 Å². The van der Waals surface area contributed by atoms with Gasteiger partial charge in [-0.15, -0.1) is 0 Å². The Bertz CT molecular complexity index is 1250. The Labute approximate surface area is 186 Å². The largest absolute Gasteiger partial charge is 0.334 e. The summed E-state index contributed by atoms with van der Waals surface area (Å²) in [5.41, 5.74) is 2.51. The van der Waals surface area contributed by atoms with Crippen molar-refractivity contribution in [2.45, 2.75) is 30.7 Å². The number of aryl methyl sites for hydroxylation is 2. The van der Waals surface area contributed by atoms with Crippen LogP contribution in [0.2, 0.25) is 0 Å². The zero-order valence-electron chi connectivity index (χ0n) is 18.0. The second-order valence-electron chi connectivity index (χ2n) is 8.63. The number of nitrogens with zero attached hydrogens (tertiary/aromatic N) is 2. The first kappa shape index (κ1) is 20.2. The van der Waals surface area contributed by atoms with Crippen molar-refractivity contribution >= 4 is 17.5 Å². The molecule has 2 atom stereocenters. The molecule has 3 heterocycles. The van der Waals surface area contributed by atoms with Gasteiger partial charge in [0.15, 0.2) is 0 Å². The normalized spacial score (nSPS) is 21.6. The molecule has 1 saturated heterocycles. The quantitative estimate of drug-likeness (QED) is 0.696. The molecule has 0 saturated carbocycles. The van der Waals surface area contributed by atoms with E-state index in [4.69, 9.17) is 0 Å². The van der Waals surface area contributed by atoms with Gasteiger partial charge in [0.25, 0.3) is 5.91 Å². The van der Waals surface area contributed by atoms with Gasteiger partial charge in [0.05, 0.1) is 17.0 Å². The van der Waals surface area contributed by atoms with Gasteiger partial charge < -0.3 is 14.8 Å². The van der Waals surface area contributed by atoms with E-state index in [1.165, 1.54) is 16.2 Å². The Hall–Kier alpha value is -3.67. The fourth-order valence-electron chi connectivity index (χ4n) is 5.28. The predicted molar refractivity (Wildman–Crippen MR) is 123 cm³/mol. The van der Waals surface area contributed by atoms with Crippen LogP contribution in [0.5, 0.6) is 0 Å². The first-order chi connectivity index (χ1) is 15.5. The molecule has 2 aliphatic heterocycles. The lowest BCUT2D eigenvalue weighted by Gasteiger charge is -2.34. The van der Waals surface area contributed by atoms with Crippen LogP contribution in [0.4, 0.5) is 5.69 Å². The summed E-state index contributed by atoms with van der Waals surface area (Å²) in [7, 11) is 1.64. The molecule has 0 aliphatic carbocycles. The smallest absolute Gasteiger partial charge is 0.255 e. The standard InChI is InChI=1S/C26H25N3O3/c1-28-17-19(12-14-23(28)30)24(31)29-16-15-26(20-9-5-6-10-21(20)27-25(26)32)22(29)13-11-18-7-3-2-4-8-18/h2-10,12,14,17,22H,11,13,15-16H2,1H3,(H,27,32)/t22-,26-/m0/s1. The van der Waals surface area contributed by atoms with E-state index < -0.39 is 5.41 Å². The van der Waals surface area contributed by atoms with Crippen molar-refractivity contribution in [2.75, 3.05) is 11.9 Å². The molecule has 5 rings (SSSR count). The number of para-hydroxylation sites is 1. The lowest BCUT2D eigenvalue weighted by molar-refractivity contribution is -0.121. The number of likely N-dealkylation sites (tertiary alicyclic amines) is 1. The van der Waals surface area contributed by atoms with Crippen LogP contribution in [0.3, 0.4) is 0 Å². The van der Waals surface area contributed by atoms with Crippen LogP contribution in [-0.4, -0.2) is 33.9 Å². The van der Waals surface area contributed by atoms with Crippen LogP contribution in [-0.2, 0) is 23.7 Å². The lowest BCUT2D eigenvalue weighted by Crippen LogP contribution is -2.49. The molecule has 2 aliphatic rings. The monoisotopic (exact) mass is 427 g/mol. The van der Waals surface area contributed by atoms with Crippen molar-refractivity contribution < 1.29 is 9.59 Å². The maximum Gasteiger partial charge on any atom is 0.255 e. The van der Waals surface area contributed by atoms with E-state index in [1.807, 2.05) is 47.4 Å². The van der Waals surface area contributed by atoms with Gasteiger partial charge in [0.2, 0.25) is 11.5 Å². The van der Waals surface area contributed by atoms with Gasteiger partial charge in [0, 0.05) is 31.5 Å². The Kier molecular flexibility index (Phi) is 4.93. The average molecular weight is 428 g/mol. The third-order valence-electron chi connectivity index (χ3n) is 6.90. The van der Waals surface area contributed by atoms with E-state index >= 15 is 0 Å². The Morgan fingerprint density at radius 3 is 2.56 bits per heavy atom. The van der Waals surface area contributed by atoms with Crippen molar-refractivity contribution in [1.29, 1.82) is 0 Å². The first-order valence-corrected chi connectivity index (χ1v) is 10.9. The van der Waals surface area contributed by atoms with Crippen LogP contribution in [0.1, 0.15) is 34.3 Å². The SMILES string of the molecule is Cn1cc(C(=O)N2CC[C@@]3(C(=O)Nc4ccccc43)[C@@H]2CCc2ccccc2)ccc1=O. The molecule has 2 amide bonds. The van der Waals surface area contributed by atoms with E-state index in [-0.39, 0.29) is 23.4 Å². The molecule has 0 radical (unpaired) electrons. The van der Waals surface area contributed by atoms with Crippen LogP contribution in [0.15, 0.2) is 77.7 Å². The van der Waals surface area contributed by atoms with Crippen LogP contribution in [0, 0.1) is 0 Å². The Morgan fingerprint density at radius 1 is 1.03 bits per heavy atom. The molecule has 2 aromatic carbocycles. The summed E-state index contributed by atoms with van der Waals surface area (Å²) in [6, 6.07) is 20.6. The van der Waals surface area contributed by atoms with E-state index in [1.54, 1.807) is 19.3 Å². The predicted octanol–water partition coefficient (Wildman–Crippen LogP) is 3.12. The van der Waals surface area contributed by atoms with Gasteiger partial charge in [-0.1, -0.05) is 48.5 Å². The van der Waals surface area contributed by atoms with Crippen molar-refractivity contribution in [3.05, 3.63) is 100.0 Å². The summed E-state index contributed by atoms with van der Waals surface area (Å²) in [4.78, 5) is 40.6. The highest BCUT2D eigenvalue weighted by atomic mass is 16.2. The molecule has 0 bridgehead atoms. The minimum atomic E-state index is -0.762. The molecule has 1 aromatic heterocycles. The number of carbonyl (C=O) groups excluding carboxylic acids is 2. The number of amides is 2. The summed E-state index contributed by atoms with van der Waals surface area (Å²) in [5.74, 6) is -0.180. The Morgan fingerprint density at radius 2 is 1.78 bits per heavy atom. The lowest BCUT2D eigenvalue weighted by atomic mass is 9.73. The number of fused-ring (bicyclic) bond motifs is 2. The topological polar surface area (TPSA) is 71.4 Å². The average Bonchev–Trinajstić information content (AvgIpc) is 3.33. The van der Waals surface area contributed by atoms with Crippen molar-refractivity contribution in [3.8, 4) is 0 Å². The van der Waals surface area contributed by atoms with Gasteiger partial charge in [-0.25, -0.2) is 0 Å². The summed E-state index contributed by atoms with van der Waals surface area (Å²) in [5, 5.41) is 3.05. The number of anilines is 1.